The number of halogens is 2. The van der Waals surface area contributed by atoms with Crippen LogP contribution in [-0.2, 0) is 0 Å². The molecule has 6 nitrogen and oxygen atoms in total. The molecule has 0 atom stereocenters. The summed E-state index contributed by atoms with van der Waals surface area (Å²) >= 11 is 12.2. The average molecular weight is 438 g/mol. The summed E-state index contributed by atoms with van der Waals surface area (Å²) in [5, 5.41) is 7.23. The van der Waals surface area contributed by atoms with Gasteiger partial charge in [-0.15, -0.1) is 0 Å². The van der Waals surface area contributed by atoms with Crippen molar-refractivity contribution in [2.24, 2.45) is 0 Å². The molecule has 30 heavy (non-hydrogen) atoms. The lowest BCUT2D eigenvalue weighted by atomic mass is 9.96. The van der Waals surface area contributed by atoms with Crippen molar-refractivity contribution in [1.29, 1.82) is 0 Å². The summed E-state index contributed by atoms with van der Waals surface area (Å²) in [6.45, 7) is 1.90. The van der Waals surface area contributed by atoms with E-state index in [4.69, 9.17) is 23.2 Å². The van der Waals surface area contributed by atoms with Gasteiger partial charge in [-0.05, 0) is 42.3 Å². The Morgan fingerprint density at radius 3 is 2.63 bits per heavy atom. The number of nitrogens with one attached hydrogen (secondary N) is 2. The third kappa shape index (κ3) is 3.79. The van der Waals surface area contributed by atoms with E-state index in [1.807, 2.05) is 25.1 Å². The first kappa shape index (κ1) is 20.1. The number of pyridine rings is 1. The first-order valence-corrected chi connectivity index (χ1v) is 9.89. The van der Waals surface area contributed by atoms with Crippen LogP contribution >= 0.6 is 23.2 Å². The van der Waals surface area contributed by atoms with Crippen molar-refractivity contribution in [3.8, 4) is 11.1 Å². The molecular formula is C22H17Cl2N5O. The molecule has 2 aromatic heterocycles. The SMILES string of the molecule is CNc1ncc2cc(-c3cccc(C(=O)Nc4cccc(Cl)c4Cl)c3C)cnc2n1. The molecule has 0 aliphatic rings. The van der Waals surface area contributed by atoms with Crippen LogP contribution in [-0.4, -0.2) is 27.9 Å². The number of hydrogen-bond donors (Lipinski definition) is 2. The van der Waals surface area contributed by atoms with Gasteiger partial charge in [-0.3, -0.25) is 4.79 Å². The van der Waals surface area contributed by atoms with Gasteiger partial charge in [-0.25, -0.2) is 9.97 Å². The Morgan fingerprint density at radius 1 is 1.03 bits per heavy atom. The predicted molar refractivity (Wildman–Crippen MR) is 121 cm³/mol. The van der Waals surface area contributed by atoms with E-state index in [1.54, 1.807) is 43.7 Å². The van der Waals surface area contributed by atoms with Crippen molar-refractivity contribution in [3.05, 3.63) is 76.0 Å². The van der Waals surface area contributed by atoms with Crippen LogP contribution in [0.2, 0.25) is 10.0 Å². The maximum Gasteiger partial charge on any atom is 0.255 e. The maximum absolute atomic E-state index is 12.9. The molecule has 0 saturated carbocycles. The van der Waals surface area contributed by atoms with Gasteiger partial charge in [-0.1, -0.05) is 41.4 Å². The Bertz CT molecular complexity index is 1280. The zero-order valence-electron chi connectivity index (χ0n) is 16.2. The van der Waals surface area contributed by atoms with Crippen molar-refractivity contribution in [2.45, 2.75) is 6.92 Å². The highest BCUT2D eigenvalue weighted by Crippen LogP contribution is 2.31. The normalized spacial score (nSPS) is 10.8. The number of carbonyl (C=O) groups is 1. The lowest BCUT2D eigenvalue weighted by molar-refractivity contribution is 0.102. The van der Waals surface area contributed by atoms with E-state index in [-0.39, 0.29) is 5.91 Å². The number of nitrogens with zero attached hydrogens (tertiary/aromatic N) is 3. The molecule has 0 aliphatic heterocycles. The number of fused-ring (bicyclic) bond motifs is 1. The second-order valence-electron chi connectivity index (χ2n) is 6.61. The topological polar surface area (TPSA) is 79.8 Å². The summed E-state index contributed by atoms with van der Waals surface area (Å²) in [7, 11) is 1.76. The zero-order chi connectivity index (χ0) is 21.3. The fourth-order valence-corrected chi connectivity index (χ4v) is 3.52. The molecule has 0 saturated heterocycles. The van der Waals surface area contributed by atoms with Crippen molar-refractivity contribution < 1.29 is 4.79 Å². The fraction of sp³-hybridized carbons (Fsp3) is 0.0909. The van der Waals surface area contributed by atoms with Gasteiger partial charge in [0.2, 0.25) is 5.95 Å². The number of amides is 1. The average Bonchev–Trinajstić information content (AvgIpc) is 2.76. The van der Waals surface area contributed by atoms with E-state index >= 15 is 0 Å². The Hall–Kier alpha value is -3.22. The number of anilines is 2. The zero-order valence-corrected chi connectivity index (χ0v) is 17.7. The molecule has 0 unspecified atom stereocenters. The van der Waals surface area contributed by atoms with E-state index in [0.717, 1.165) is 22.1 Å². The predicted octanol–water partition coefficient (Wildman–Crippen LogP) is 5.60. The lowest BCUT2D eigenvalue weighted by Gasteiger charge is -2.13. The smallest absolute Gasteiger partial charge is 0.255 e. The molecule has 2 heterocycles. The molecule has 1 amide bonds. The molecule has 0 fully saturated rings. The molecule has 4 rings (SSSR count). The van der Waals surface area contributed by atoms with Gasteiger partial charge in [0.05, 0.1) is 15.7 Å². The summed E-state index contributed by atoms with van der Waals surface area (Å²) in [6.07, 6.45) is 3.46. The highest BCUT2D eigenvalue weighted by Gasteiger charge is 2.15. The minimum atomic E-state index is -0.269. The maximum atomic E-state index is 12.9. The molecule has 0 radical (unpaired) electrons. The van der Waals surface area contributed by atoms with Crippen LogP contribution in [0.15, 0.2) is 54.9 Å². The Kier molecular flexibility index (Phi) is 5.53. The lowest BCUT2D eigenvalue weighted by Crippen LogP contribution is -2.14. The molecule has 2 aromatic carbocycles. The Morgan fingerprint density at radius 2 is 1.83 bits per heavy atom. The molecule has 4 aromatic rings. The number of hydrogen-bond acceptors (Lipinski definition) is 5. The summed E-state index contributed by atoms with van der Waals surface area (Å²) in [5.74, 6) is 0.242. The monoisotopic (exact) mass is 437 g/mol. The van der Waals surface area contributed by atoms with Gasteiger partial charge < -0.3 is 10.6 Å². The van der Waals surface area contributed by atoms with Crippen LogP contribution in [0.5, 0.6) is 0 Å². The molecule has 0 spiro atoms. The quantitative estimate of drug-likeness (QED) is 0.434. The van der Waals surface area contributed by atoms with Gasteiger partial charge in [0.1, 0.15) is 0 Å². The van der Waals surface area contributed by atoms with Crippen LogP contribution in [0.4, 0.5) is 11.6 Å². The van der Waals surface area contributed by atoms with Crippen LogP contribution in [0.3, 0.4) is 0 Å². The second kappa shape index (κ2) is 8.26. The van der Waals surface area contributed by atoms with Gasteiger partial charge in [0, 0.05) is 36.0 Å². The standard InChI is InChI=1S/C22H17Cl2N5O/c1-12-15(13-9-14-11-27-22(25-2)29-20(14)26-10-13)5-3-6-16(12)21(30)28-18-8-4-7-17(23)19(18)24/h3-11H,1-2H3,(H,28,30)(H,25,26,27,29). The van der Waals surface area contributed by atoms with Crippen LogP contribution in [0.25, 0.3) is 22.2 Å². The summed E-state index contributed by atoms with van der Waals surface area (Å²) in [4.78, 5) is 25.9. The molecule has 0 aliphatic carbocycles. The molecular weight excluding hydrogens is 421 g/mol. The second-order valence-corrected chi connectivity index (χ2v) is 7.40. The van der Waals surface area contributed by atoms with Crippen molar-refractivity contribution in [3.63, 3.8) is 0 Å². The Labute approximate surface area is 183 Å². The first-order chi connectivity index (χ1) is 14.5. The van der Waals surface area contributed by atoms with E-state index in [1.165, 1.54) is 0 Å². The third-order valence-corrected chi connectivity index (χ3v) is 5.56. The van der Waals surface area contributed by atoms with E-state index in [2.05, 4.69) is 25.6 Å². The Balaban J connectivity index is 1.70. The number of rotatable bonds is 4. The number of benzene rings is 2. The van der Waals surface area contributed by atoms with Gasteiger partial charge in [0.15, 0.2) is 5.65 Å². The van der Waals surface area contributed by atoms with E-state index in [9.17, 15) is 4.79 Å². The summed E-state index contributed by atoms with van der Waals surface area (Å²) in [6, 6.07) is 12.6. The van der Waals surface area contributed by atoms with Crippen LogP contribution < -0.4 is 10.6 Å². The number of carbonyl (C=O) groups excluding carboxylic acids is 1. The minimum Gasteiger partial charge on any atom is -0.357 e. The highest BCUT2D eigenvalue weighted by atomic mass is 35.5. The summed E-state index contributed by atoms with van der Waals surface area (Å²) < 4.78 is 0. The summed E-state index contributed by atoms with van der Waals surface area (Å²) in [5.41, 5.74) is 4.18. The van der Waals surface area contributed by atoms with Crippen molar-refractivity contribution in [2.75, 3.05) is 17.7 Å². The van der Waals surface area contributed by atoms with Crippen LogP contribution in [0, 0.1) is 6.92 Å². The van der Waals surface area contributed by atoms with Gasteiger partial charge in [0.25, 0.3) is 5.91 Å². The van der Waals surface area contributed by atoms with Gasteiger partial charge >= 0.3 is 0 Å². The number of aromatic nitrogens is 3. The molecule has 150 valence electrons. The van der Waals surface area contributed by atoms with E-state index in [0.29, 0.717) is 32.9 Å². The third-order valence-electron chi connectivity index (χ3n) is 4.75. The van der Waals surface area contributed by atoms with Crippen LogP contribution in [0.1, 0.15) is 15.9 Å². The first-order valence-electron chi connectivity index (χ1n) is 9.14. The van der Waals surface area contributed by atoms with Crippen molar-refractivity contribution in [1.82, 2.24) is 15.0 Å². The largest absolute Gasteiger partial charge is 0.357 e. The van der Waals surface area contributed by atoms with Gasteiger partial charge in [-0.2, -0.15) is 4.98 Å². The molecule has 0 bridgehead atoms. The highest BCUT2D eigenvalue weighted by molar-refractivity contribution is 6.44. The fourth-order valence-electron chi connectivity index (χ4n) is 3.17. The van der Waals surface area contributed by atoms with Crippen molar-refractivity contribution >= 4 is 51.8 Å². The van der Waals surface area contributed by atoms with E-state index < -0.39 is 0 Å². The molecule has 2 N–H and O–H groups in total. The molecule has 8 heteroatoms. The minimum absolute atomic E-state index is 0.269.